The first kappa shape index (κ1) is 27.6. The summed E-state index contributed by atoms with van der Waals surface area (Å²) in [5, 5.41) is 1.64. The first-order chi connectivity index (χ1) is 17.7. The number of rotatable bonds is 9. The summed E-state index contributed by atoms with van der Waals surface area (Å²) in [6.45, 7) is 2.43. The molecule has 2 heterocycles. The van der Waals surface area contributed by atoms with Crippen LogP contribution >= 0.6 is 16.8 Å². The van der Waals surface area contributed by atoms with Gasteiger partial charge in [0.1, 0.15) is 17.3 Å². The van der Waals surface area contributed by atoms with Crippen LogP contribution in [0, 0.1) is 5.82 Å². The number of anilines is 2. The molecule has 0 bridgehead atoms. The van der Waals surface area contributed by atoms with Crippen molar-refractivity contribution >= 4 is 40.1 Å². The number of amides is 2. The zero-order chi connectivity index (χ0) is 26.5. The van der Waals surface area contributed by atoms with Crippen molar-refractivity contribution in [3.8, 4) is 0 Å². The fourth-order valence-corrected chi connectivity index (χ4v) is 5.62. The molecule has 11 nitrogen and oxygen atoms in total. The van der Waals surface area contributed by atoms with Crippen LogP contribution in [0.3, 0.4) is 0 Å². The zero-order valence-corrected chi connectivity index (χ0v) is 21.5. The van der Waals surface area contributed by atoms with Crippen molar-refractivity contribution in [3.63, 3.8) is 0 Å². The molecule has 2 amide bonds. The van der Waals surface area contributed by atoms with Crippen molar-refractivity contribution in [1.29, 1.82) is 0 Å². The molecular weight excluding hydrogens is 527 g/mol. The van der Waals surface area contributed by atoms with Gasteiger partial charge in [0.05, 0.1) is 37.7 Å². The standard InChI is InChI=1S/C23H28FN3O8P2/c24-19-12-17(5-6-20(19)26-7-9-34-10-8-26)27-14-18(35-23(27)29)13-25-22(28)16-3-1-15(2-4-16)11-21(36(30)31)37(32)33/h1-6,12,18,21,30-33H,7-11,13-14H2,(H,25,28). The van der Waals surface area contributed by atoms with E-state index in [-0.39, 0.29) is 19.5 Å². The molecule has 2 aliphatic rings. The van der Waals surface area contributed by atoms with Crippen LogP contribution in [0.25, 0.3) is 0 Å². The number of cyclic esters (lactones) is 1. The summed E-state index contributed by atoms with van der Waals surface area (Å²) in [6, 6.07) is 10.8. The molecule has 2 aromatic carbocycles. The summed E-state index contributed by atoms with van der Waals surface area (Å²) < 4.78 is 25.4. The second-order valence-electron chi connectivity index (χ2n) is 8.58. The summed E-state index contributed by atoms with van der Waals surface area (Å²) >= 11 is 0. The fraction of sp³-hybridized carbons (Fsp3) is 0.391. The van der Waals surface area contributed by atoms with Crippen molar-refractivity contribution in [3.05, 3.63) is 59.4 Å². The predicted octanol–water partition coefficient (Wildman–Crippen LogP) is 1.88. The van der Waals surface area contributed by atoms with Crippen molar-refractivity contribution in [1.82, 2.24) is 5.32 Å². The Labute approximate surface area is 215 Å². The average molecular weight is 555 g/mol. The van der Waals surface area contributed by atoms with E-state index >= 15 is 0 Å². The Bertz CT molecular complexity index is 1090. The van der Waals surface area contributed by atoms with Gasteiger partial charge in [-0.1, -0.05) is 12.1 Å². The minimum Gasteiger partial charge on any atom is -0.442 e. The SMILES string of the molecule is O=C(NCC1CN(c2ccc(N3CCOCC3)c(F)c2)C(=O)O1)c1ccc(CC(P(O)O)P(O)O)cc1. The van der Waals surface area contributed by atoms with Gasteiger partial charge in [0.15, 0.2) is 16.8 Å². The molecule has 5 N–H and O–H groups in total. The molecule has 0 spiro atoms. The number of halogens is 1. The van der Waals surface area contributed by atoms with Crippen molar-refractivity contribution in [2.45, 2.75) is 17.9 Å². The Morgan fingerprint density at radius 3 is 2.38 bits per heavy atom. The number of carbonyl (C=O) groups is 2. The Kier molecular flexibility index (Phi) is 9.26. The molecule has 37 heavy (non-hydrogen) atoms. The van der Waals surface area contributed by atoms with Crippen molar-refractivity contribution in [2.75, 3.05) is 49.2 Å². The molecule has 14 heteroatoms. The Hall–Kier alpha value is -2.43. The number of nitrogens with zero attached hydrogens (tertiary/aromatic N) is 2. The van der Waals surface area contributed by atoms with Crippen molar-refractivity contribution in [2.24, 2.45) is 0 Å². The number of hydrogen-bond donors (Lipinski definition) is 5. The number of ether oxygens (including phenoxy) is 2. The van der Waals surface area contributed by atoms with E-state index in [0.717, 1.165) is 0 Å². The highest BCUT2D eigenvalue weighted by Crippen LogP contribution is 2.50. The Morgan fingerprint density at radius 2 is 1.76 bits per heavy atom. The average Bonchev–Trinajstić information content (AvgIpc) is 3.26. The van der Waals surface area contributed by atoms with Gasteiger partial charge in [-0.2, -0.15) is 0 Å². The maximum atomic E-state index is 14.8. The van der Waals surface area contributed by atoms with E-state index in [4.69, 9.17) is 9.47 Å². The molecular formula is C23H28FN3O8P2. The molecule has 2 aromatic rings. The van der Waals surface area contributed by atoms with Gasteiger partial charge >= 0.3 is 6.09 Å². The van der Waals surface area contributed by atoms with Gasteiger partial charge in [-0.15, -0.1) is 0 Å². The van der Waals surface area contributed by atoms with Gasteiger partial charge in [-0.3, -0.25) is 9.69 Å². The largest absolute Gasteiger partial charge is 0.442 e. The van der Waals surface area contributed by atoms with Crippen molar-refractivity contribution < 1.29 is 43.0 Å². The summed E-state index contributed by atoms with van der Waals surface area (Å²) in [6.07, 6.45) is -1.21. The van der Waals surface area contributed by atoms with Gasteiger partial charge < -0.3 is 39.3 Å². The normalized spacial score (nSPS) is 18.2. The van der Waals surface area contributed by atoms with Crippen LogP contribution in [-0.2, 0) is 15.9 Å². The lowest BCUT2D eigenvalue weighted by atomic mass is 10.1. The smallest absolute Gasteiger partial charge is 0.414 e. The predicted molar refractivity (Wildman–Crippen MR) is 136 cm³/mol. The van der Waals surface area contributed by atoms with E-state index in [0.29, 0.717) is 48.8 Å². The molecule has 200 valence electrons. The topological polar surface area (TPSA) is 152 Å². The molecule has 0 radical (unpaired) electrons. The minimum atomic E-state index is -2.51. The van der Waals surface area contributed by atoms with Gasteiger partial charge in [0.2, 0.25) is 0 Å². The fourth-order valence-electron chi connectivity index (χ4n) is 4.13. The van der Waals surface area contributed by atoms with Crippen LogP contribution in [0.2, 0.25) is 0 Å². The number of carbonyl (C=O) groups excluding carboxylic acids is 2. The van der Waals surface area contributed by atoms with Crippen LogP contribution in [-0.4, -0.2) is 82.5 Å². The molecule has 2 fully saturated rings. The molecule has 2 saturated heterocycles. The van der Waals surface area contributed by atoms with Crippen LogP contribution in [0.15, 0.2) is 42.5 Å². The first-order valence-electron chi connectivity index (χ1n) is 11.5. The number of nitrogens with one attached hydrogen (secondary N) is 1. The highest BCUT2D eigenvalue weighted by atomic mass is 31.2. The van der Waals surface area contributed by atoms with Crippen LogP contribution in [0.5, 0.6) is 0 Å². The van der Waals surface area contributed by atoms with Crippen LogP contribution < -0.4 is 15.1 Å². The van der Waals surface area contributed by atoms with Gasteiger partial charge in [-0.25, -0.2) is 9.18 Å². The molecule has 0 aromatic heterocycles. The number of hydrogen-bond acceptors (Lipinski definition) is 9. The summed E-state index contributed by atoms with van der Waals surface area (Å²) in [4.78, 5) is 65.5. The molecule has 0 aliphatic carbocycles. The van der Waals surface area contributed by atoms with Crippen LogP contribution in [0.1, 0.15) is 15.9 Å². The molecule has 1 unspecified atom stereocenters. The molecule has 1 atom stereocenters. The molecule has 0 saturated carbocycles. The number of benzene rings is 2. The van der Waals surface area contributed by atoms with E-state index < -0.39 is 46.1 Å². The third kappa shape index (κ3) is 6.91. The minimum absolute atomic E-state index is 0.0428. The van der Waals surface area contributed by atoms with Crippen LogP contribution in [0.4, 0.5) is 20.6 Å². The van der Waals surface area contributed by atoms with Gasteiger partial charge in [0, 0.05) is 18.7 Å². The Balaban J connectivity index is 1.30. The maximum Gasteiger partial charge on any atom is 0.414 e. The lowest BCUT2D eigenvalue weighted by Crippen LogP contribution is -2.37. The van der Waals surface area contributed by atoms with Gasteiger partial charge in [-0.05, 0) is 42.3 Å². The monoisotopic (exact) mass is 555 g/mol. The summed E-state index contributed by atoms with van der Waals surface area (Å²) in [7, 11) is -5.03. The second kappa shape index (κ2) is 12.4. The lowest BCUT2D eigenvalue weighted by Gasteiger charge is -2.29. The summed E-state index contributed by atoms with van der Waals surface area (Å²) in [5.74, 6) is -0.848. The summed E-state index contributed by atoms with van der Waals surface area (Å²) in [5.41, 5.74) is 1.76. The van der Waals surface area contributed by atoms with E-state index in [1.807, 2.05) is 4.90 Å². The van der Waals surface area contributed by atoms with E-state index in [2.05, 4.69) is 5.32 Å². The second-order valence-corrected chi connectivity index (χ2v) is 11.5. The third-order valence-electron chi connectivity index (χ3n) is 6.13. The zero-order valence-electron chi connectivity index (χ0n) is 19.7. The highest BCUT2D eigenvalue weighted by Gasteiger charge is 2.33. The van der Waals surface area contributed by atoms with Gasteiger partial charge in [0.25, 0.3) is 5.91 Å². The third-order valence-corrected chi connectivity index (χ3v) is 8.80. The quantitative estimate of drug-likeness (QED) is 0.292. The van der Waals surface area contributed by atoms with E-state index in [1.165, 1.54) is 23.1 Å². The Morgan fingerprint density at radius 1 is 1.08 bits per heavy atom. The molecule has 2 aliphatic heterocycles. The maximum absolute atomic E-state index is 14.8. The van der Waals surface area contributed by atoms with E-state index in [9.17, 15) is 33.6 Å². The van der Waals surface area contributed by atoms with E-state index in [1.54, 1.807) is 24.3 Å². The number of morpholine rings is 1. The highest BCUT2D eigenvalue weighted by molar-refractivity contribution is 7.64. The lowest BCUT2D eigenvalue weighted by molar-refractivity contribution is 0.0916. The molecule has 4 rings (SSSR count). The first-order valence-corrected chi connectivity index (χ1v) is 14.2.